The van der Waals surface area contributed by atoms with Crippen LogP contribution >= 0.6 is 0 Å². The van der Waals surface area contributed by atoms with Gasteiger partial charge in [-0.2, -0.15) is 0 Å². The summed E-state index contributed by atoms with van der Waals surface area (Å²) in [5.74, 6) is -1.29. The van der Waals surface area contributed by atoms with Crippen molar-refractivity contribution in [3.05, 3.63) is 29.8 Å². The van der Waals surface area contributed by atoms with Gasteiger partial charge in [0.05, 0.1) is 0 Å². The minimum atomic E-state index is -0.882. The van der Waals surface area contributed by atoms with E-state index < -0.39 is 17.4 Å². The van der Waals surface area contributed by atoms with Crippen LogP contribution < -0.4 is 10.6 Å². The Balaban J connectivity index is 2.32. The lowest BCUT2D eigenvalue weighted by Crippen LogP contribution is -2.55. The van der Waals surface area contributed by atoms with Gasteiger partial charge in [0, 0.05) is 17.8 Å². The zero-order valence-electron chi connectivity index (χ0n) is 10.9. The molecular weight excluding hydrogens is 244 g/mol. The van der Waals surface area contributed by atoms with Crippen LogP contribution in [0.5, 0.6) is 0 Å². The number of nitrogens with two attached hydrogens (primary N) is 1. The standard InChI is InChI=1S/C14H18N2O3/c1-14(13(18)19)8-2-3-9-16(14)11-6-4-10(5-7-11)12(15)17/h4-7H,2-3,8-9H2,1H3,(H2,15,17)(H,18,19). The number of carbonyl (C=O) groups is 2. The molecule has 0 spiro atoms. The van der Waals surface area contributed by atoms with Crippen LogP contribution in [0.15, 0.2) is 24.3 Å². The van der Waals surface area contributed by atoms with Crippen molar-refractivity contribution < 1.29 is 14.7 Å². The second-order valence-electron chi connectivity index (χ2n) is 5.10. The van der Waals surface area contributed by atoms with Crippen LogP contribution in [0.2, 0.25) is 0 Å². The quantitative estimate of drug-likeness (QED) is 0.867. The number of hydrogen-bond acceptors (Lipinski definition) is 3. The van der Waals surface area contributed by atoms with E-state index in [-0.39, 0.29) is 0 Å². The maximum Gasteiger partial charge on any atom is 0.329 e. The van der Waals surface area contributed by atoms with Crippen molar-refractivity contribution in [1.82, 2.24) is 0 Å². The summed E-state index contributed by atoms with van der Waals surface area (Å²) < 4.78 is 0. The van der Waals surface area contributed by atoms with E-state index in [0.29, 0.717) is 18.5 Å². The molecule has 1 atom stereocenters. The Bertz CT molecular complexity index is 498. The van der Waals surface area contributed by atoms with Crippen LogP contribution in [-0.4, -0.2) is 29.1 Å². The minimum absolute atomic E-state index is 0.429. The van der Waals surface area contributed by atoms with Crippen LogP contribution in [-0.2, 0) is 4.79 Å². The van der Waals surface area contributed by atoms with E-state index in [1.54, 1.807) is 31.2 Å². The predicted molar refractivity (Wildman–Crippen MR) is 72.2 cm³/mol. The normalized spacial score (nSPS) is 23.1. The summed E-state index contributed by atoms with van der Waals surface area (Å²) in [7, 11) is 0. The van der Waals surface area contributed by atoms with Gasteiger partial charge in [-0.05, 0) is 50.5 Å². The molecule has 1 saturated heterocycles. The topological polar surface area (TPSA) is 83.6 Å². The van der Waals surface area contributed by atoms with Crippen LogP contribution in [0.25, 0.3) is 0 Å². The first-order valence-electron chi connectivity index (χ1n) is 6.36. The van der Waals surface area contributed by atoms with E-state index in [1.165, 1.54) is 0 Å². The van der Waals surface area contributed by atoms with Gasteiger partial charge in [0.1, 0.15) is 5.54 Å². The second-order valence-corrected chi connectivity index (χ2v) is 5.10. The molecule has 0 aromatic heterocycles. The summed E-state index contributed by atoms with van der Waals surface area (Å²) in [6, 6.07) is 6.78. The smallest absolute Gasteiger partial charge is 0.329 e. The van der Waals surface area contributed by atoms with E-state index in [1.807, 2.05) is 4.90 Å². The van der Waals surface area contributed by atoms with Gasteiger partial charge < -0.3 is 15.7 Å². The zero-order valence-corrected chi connectivity index (χ0v) is 10.9. The Kier molecular flexibility index (Phi) is 3.46. The van der Waals surface area contributed by atoms with Gasteiger partial charge in [-0.1, -0.05) is 0 Å². The molecule has 1 aromatic carbocycles. The minimum Gasteiger partial charge on any atom is -0.480 e. The van der Waals surface area contributed by atoms with Crippen molar-refractivity contribution >= 4 is 17.6 Å². The van der Waals surface area contributed by atoms with Crippen molar-refractivity contribution in [2.24, 2.45) is 5.73 Å². The Hall–Kier alpha value is -2.04. The number of carbonyl (C=O) groups excluding carboxylic acids is 1. The largest absolute Gasteiger partial charge is 0.480 e. The molecule has 0 radical (unpaired) electrons. The number of carboxylic acid groups (broad SMARTS) is 1. The van der Waals surface area contributed by atoms with Gasteiger partial charge in [0.15, 0.2) is 0 Å². The zero-order chi connectivity index (χ0) is 14.0. The molecule has 1 fully saturated rings. The summed E-state index contributed by atoms with van der Waals surface area (Å²) in [4.78, 5) is 24.5. The van der Waals surface area contributed by atoms with Crippen molar-refractivity contribution in [1.29, 1.82) is 0 Å². The van der Waals surface area contributed by atoms with Crippen LogP contribution in [0.4, 0.5) is 5.69 Å². The summed E-state index contributed by atoms with van der Waals surface area (Å²) in [6.45, 7) is 2.45. The van der Waals surface area contributed by atoms with Crippen LogP contribution in [0.3, 0.4) is 0 Å². The molecule has 1 aliphatic rings. The average molecular weight is 262 g/mol. The first-order valence-corrected chi connectivity index (χ1v) is 6.36. The van der Waals surface area contributed by atoms with Crippen LogP contribution in [0, 0.1) is 0 Å². The highest BCUT2D eigenvalue weighted by molar-refractivity contribution is 5.93. The third-order valence-electron chi connectivity index (χ3n) is 3.82. The van der Waals surface area contributed by atoms with Crippen LogP contribution in [0.1, 0.15) is 36.5 Å². The SMILES string of the molecule is CC1(C(=O)O)CCCCN1c1ccc(C(N)=O)cc1. The first kappa shape index (κ1) is 13.4. The maximum absolute atomic E-state index is 11.5. The number of carboxylic acids is 1. The molecule has 5 nitrogen and oxygen atoms in total. The highest BCUT2D eigenvalue weighted by Crippen LogP contribution is 2.33. The van der Waals surface area contributed by atoms with E-state index in [9.17, 15) is 14.7 Å². The van der Waals surface area contributed by atoms with E-state index in [2.05, 4.69) is 0 Å². The van der Waals surface area contributed by atoms with Crippen molar-refractivity contribution in [3.8, 4) is 0 Å². The molecular formula is C14H18N2O3. The molecule has 0 aliphatic carbocycles. The number of anilines is 1. The summed E-state index contributed by atoms with van der Waals surface area (Å²) in [5.41, 5.74) is 5.56. The van der Waals surface area contributed by atoms with Gasteiger partial charge in [0.2, 0.25) is 5.91 Å². The summed E-state index contributed by atoms with van der Waals surface area (Å²) in [5, 5.41) is 9.46. The second kappa shape index (κ2) is 4.91. The lowest BCUT2D eigenvalue weighted by atomic mass is 9.88. The Morgan fingerprint density at radius 1 is 1.26 bits per heavy atom. The number of rotatable bonds is 3. The number of nitrogens with zero attached hydrogens (tertiary/aromatic N) is 1. The molecule has 5 heteroatoms. The Labute approximate surface area is 112 Å². The van der Waals surface area contributed by atoms with Crippen molar-refractivity contribution in [3.63, 3.8) is 0 Å². The fraction of sp³-hybridized carbons (Fsp3) is 0.429. The molecule has 19 heavy (non-hydrogen) atoms. The molecule has 1 amide bonds. The van der Waals surface area contributed by atoms with E-state index >= 15 is 0 Å². The monoisotopic (exact) mass is 262 g/mol. The average Bonchev–Trinajstić information content (AvgIpc) is 2.39. The van der Waals surface area contributed by atoms with E-state index in [0.717, 1.165) is 18.5 Å². The molecule has 1 aliphatic heterocycles. The number of aliphatic carboxylic acids is 1. The summed E-state index contributed by atoms with van der Waals surface area (Å²) >= 11 is 0. The maximum atomic E-state index is 11.5. The number of hydrogen-bond donors (Lipinski definition) is 2. The number of primary amides is 1. The third kappa shape index (κ3) is 2.41. The Morgan fingerprint density at radius 2 is 1.89 bits per heavy atom. The molecule has 1 aromatic rings. The van der Waals surface area contributed by atoms with E-state index in [4.69, 9.17) is 5.73 Å². The number of piperidine rings is 1. The summed E-state index contributed by atoms with van der Waals surface area (Å²) in [6.07, 6.45) is 2.51. The molecule has 102 valence electrons. The number of benzene rings is 1. The Morgan fingerprint density at radius 3 is 2.42 bits per heavy atom. The highest BCUT2D eigenvalue weighted by Gasteiger charge is 2.41. The van der Waals surface area contributed by atoms with Crippen molar-refractivity contribution in [2.45, 2.75) is 31.7 Å². The van der Waals surface area contributed by atoms with Gasteiger partial charge in [-0.3, -0.25) is 4.79 Å². The van der Waals surface area contributed by atoms with Gasteiger partial charge >= 0.3 is 5.97 Å². The number of amides is 1. The highest BCUT2D eigenvalue weighted by atomic mass is 16.4. The lowest BCUT2D eigenvalue weighted by Gasteiger charge is -2.43. The third-order valence-corrected chi connectivity index (χ3v) is 3.82. The predicted octanol–water partition coefficient (Wildman–Crippen LogP) is 1.62. The van der Waals surface area contributed by atoms with Gasteiger partial charge in [0.25, 0.3) is 0 Å². The van der Waals surface area contributed by atoms with Crippen molar-refractivity contribution in [2.75, 3.05) is 11.4 Å². The molecule has 1 unspecified atom stereocenters. The lowest BCUT2D eigenvalue weighted by molar-refractivity contribution is -0.143. The molecule has 2 rings (SSSR count). The fourth-order valence-corrected chi connectivity index (χ4v) is 2.56. The molecule has 0 bridgehead atoms. The molecule has 3 N–H and O–H groups in total. The van der Waals surface area contributed by atoms with Gasteiger partial charge in [-0.15, -0.1) is 0 Å². The fourth-order valence-electron chi connectivity index (χ4n) is 2.56. The first-order chi connectivity index (χ1) is 8.95. The molecule has 1 heterocycles. The molecule has 0 saturated carbocycles. The van der Waals surface area contributed by atoms with Gasteiger partial charge in [-0.25, -0.2) is 4.79 Å².